The topological polar surface area (TPSA) is 86.5 Å². The zero-order chi connectivity index (χ0) is 21.9. The lowest BCUT2D eigenvalue weighted by molar-refractivity contribution is -0.0505. The molecule has 1 aromatic carbocycles. The van der Waals surface area contributed by atoms with Crippen LogP contribution in [-0.4, -0.2) is 45.7 Å². The molecule has 1 aliphatic rings. The molecule has 1 aromatic heterocycles. The molecule has 178 valence electrons. The first-order chi connectivity index (χ1) is 15.2. The van der Waals surface area contributed by atoms with Crippen LogP contribution < -0.4 is 24.8 Å². The number of halogens is 3. The lowest BCUT2D eigenvalue weighted by Gasteiger charge is -2.14. The Kier molecular flexibility index (Phi) is 11.4. The van der Waals surface area contributed by atoms with Crippen molar-refractivity contribution in [1.82, 2.24) is 10.6 Å². The highest BCUT2D eigenvalue weighted by molar-refractivity contribution is 14.0. The summed E-state index contributed by atoms with van der Waals surface area (Å²) in [5, 5.41) is 6.45. The number of hydrogen-bond acceptors (Lipinski definition) is 6. The summed E-state index contributed by atoms with van der Waals surface area (Å²) in [5.41, 5.74) is 0.464. The minimum Gasteiger partial charge on any atom is -0.469 e. The standard InChI is InChI=1S/C21H27F2N3O5.HI/c1-2-27-9-4-7-24-21(25-8-6-16-5-3-10-28-16)26-13-15-11-18-19(30-14-29-18)12-17(15)31-20(22)23;/h3,5,10-12,20H,2,4,6-9,13-14H2,1H3,(H2,24,25,26);1H. The molecule has 0 unspecified atom stereocenters. The van der Waals surface area contributed by atoms with E-state index in [9.17, 15) is 8.78 Å². The van der Waals surface area contributed by atoms with Crippen LogP contribution in [0, 0.1) is 0 Å². The summed E-state index contributed by atoms with van der Waals surface area (Å²) in [6, 6.07) is 6.74. The highest BCUT2D eigenvalue weighted by Gasteiger charge is 2.20. The van der Waals surface area contributed by atoms with Crippen molar-refractivity contribution in [2.45, 2.75) is 32.9 Å². The molecule has 0 saturated heterocycles. The van der Waals surface area contributed by atoms with E-state index in [4.69, 9.17) is 18.6 Å². The maximum Gasteiger partial charge on any atom is 0.387 e. The van der Waals surface area contributed by atoms with Crippen LogP contribution in [0.2, 0.25) is 0 Å². The van der Waals surface area contributed by atoms with Gasteiger partial charge in [0.15, 0.2) is 17.5 Å². The lowest BCUT2D eigenvalue weighted by atomic mass is 10.1. The van der Waals surface area contributed by atoms with Crippen LogP contribution in [0.15, 0.2) is 39.9 Å². The third kappa shape index (κ3) is 8.34. The van der Waals surface area contributed by atoms with E-state index in [0.29, 0.717) is 55.7 Å². The Balaban J connectivity index is 0.00000363. The molecule has 0 fully saturated rings. The Bertz CT molecular complexity index is 837. The molecule has 0 atom stereocenters. The van der Waals surface area contributed by atoms with Crippen molar-refractivity contribution in [1.29, 1.82) is 0 Å². The molecule has 2 N–H and O–H groups in total. The molecule has 1 aliphatic heterocycles. The van der Waals surface area contributed by atoms with Crippen LogP contribution in [-0.2, 0) is 17.7 Å². The predicted octanol–water partition coefficient (Wildman–Crippen LogP) is 3.93. The highest BCUT2D eigenvalue weighted by atomic mass is 127. The van der Waals surface area contributed by atoms with Gasteiger partial charge in [-0.1, -0.05) is 0 Å². The second kappa shape index (κ2) is 14.0. The third-order valence-electron chi connectivity index (χ3n) is 4.39. The number of alkyl halides is 2. The molecule has 0 amide bonds. The fourth-order valence-corrected chi connectivity index (χ4v) is 2.92. The largest absolute Gasteiger partial charge is 0.469 e. The number of aliphatic imine (C=N–C) groups is 1. The van der Waals surface area contributed by atoms with Crippen molar-refractivity contribution < 1.29 is 32.1 Å². The summed E-state index contributed by atoms with van der Waals surface area (Å²) in [6.45, 7) is 1.68. The molecule has 0 saturated carbocycles. The van der Waals surface area contributed by atoms with Crippen LogP contribution in [0.25, 0.3) is 0 Å². The first-order valence-corrected chi connectivity index (χ1v) is 10.2. The number of nitrogens with zero attached hydrogens (tertiary/aromatic N) is 1. The SMILES string of the molecule is CCOCCCNC(=NCc1cc2c(cc1OC(F)F)OCO2)NCCc1ccco1.I. The molecule has 2 aromatic rings. The average molecular weight is 567 g/mol. The Hall–Kier alpha value is -2.28. The normalized spacial score (nSPS) is 12.6. The molecule has 0 spiro atoms. The maximum atomic E-state index is 12.8. The van der Waals surface area contributed by atoms with Crippen molar-refractivity contribution in [3.8, 4) is 17.2 Å². The second-order valence-electron chi connectivity index (χ2n) is 6.59. The van der Waals surface area contributed by atoms with Crippen LogP contribution in [0.5, 0.6) is 17.2 Å². The van der Waals surface area contributed by atoms with Crippen LogP contribution in [0.3, 0.4) is 0 Å². The van der Waals surface area contributed by atoms with Gasteiger partial charge in [-0.15, -0.1) is 24.0 Å². The quantitative estimate of drug-likeness (QED) is 0.174. The summed E-state index contributed by atoms with van der Waals surface area (Å²) in [5.74, 6) is 2.25. The van der Waals surface area contributed by atoms with Crippen molar-refractivity contribution in [3.05, 3.63) is 41.9 Å². The highest BCUT2D eigenvalue weighted by Crippen LogP contribution is 2.39. The summed E-state index contributed by atoms with van der Waals surface area (Å²) < 4.78 is 51.6. The van der Waals surface area contributed by atoms with Gasteiger partial charge in [0.2, 0.25) is 6.79 Å². The molecule has 8 nitrogen and oxygen atoms in total. The molecule has 0 radical (unpaired) electrons. The van der Waals surface area contributed by atoms with Gasteiger partial charge in [0, 0.05) is 44.4 Å². The Morgan fingerprint density at radius 1 is 1.19 bits per heavy atom. The maximum absolute atomic E-state index is 12.8. The van der Waals surface area contributed by atoms with Gasteiger partial charge in [0.25, 0.3) is 0 Å². The predicted molar refractivity (Wildman–Crippen MR) is 125 cm³/mol. The van der Waals surface area contributed by atoms with Crippen molar-refractivity contribution in [3.63, 3.8) is 0 Å². The number of benzene rings is 1. The molecule has 2 heterocycles. The minimum atomic E-state index is -2.95. The second-order valence-corrected chi connectivity index (χ2v) is 6.59. The fraction of sp³-hybridized carbons (Fsp3) is 0.476. The first kappa shape index (κ1) is 26.0. The third-order valence-corrected chi connectivity index (χ3v) is 4.39. The molecule has 32 heavy (non-hydrogen) atoms. The van der Waals surface area contributed by atoms with E-state index in [1.807, 2.05) is 19.1 Å². The van der Waals surface area contributed by atoms with Crippen LogP contribution in [0.1, 0.15) is 24.7 Å². The smallest absolute Gasteiger partial charge is 0.387 e. The van der Waals surface area contributed by atoms with Gasteiger partial charge in [-0.05, 0) is 31.5 Å². The van der Waals surface area contributed by atoms with E-state index in [1.165, 1.54) is 6.07 Å². The van der Waals surface area contributed by atoms with E-state index in [0.717, 1.165) is 12.2 Å². The van der Waals surface area contributed by atoms with E-state index in [1.54, 1.807) is 12.3 Å². The molecule has 3 rings (SSSR count). The number of guanidine groups is 1. The van der Waals surface area contributed by atoms with E-state index < -0.39 is 6.61 Å². The number of fused-ring (bicyclic) bond motifs is 1. The van der Waals surface area contributed by atoms with Crippen LogP contribution >= 0.6 is 24.0 Å². The molecule has 0 bridgehead atoms. The van der Waals surface area contributed by atoms with Crippen molar-refractivity contribution in [2.24, 2.45) is 4.99 Å². The van der Waals surface area contributed by atoms with Gasteiger partial charge < -0.3 is 34.0 Å². The van der Waals surface area contributed by atoms with Gasteiger partial charge in [-0.2, -0.15) is 8.78 Å². The number of furan rings is 1. The van der Waals surface area contributed by atoms with Crippen molar-refractivity contribution >= 4 is 29.9 Å². The molecular formula is C21H28F2IN3O5. The number of ether oxygens (including phenoxy) is 4. The van der Waals surface area contributed by atoms with Gasteiger partial charge in [-0.25, -0.2) is 4.99 Å². The van der Waals surface area contributed by atoms with E-state index in [-0.39, 0.29) is 43.1 Å². The summed E-state index contributed by atoms with van der Waals surface area (Å²) in [6.07, 6.45) is 3.10. The van der Waals surface area contributed by atoms with E-state index >= 15 is 0 Å². The molecule has 11 heteroatoms. The van der Waals surface area contributed by atoms with Crippen LogP contribution in [0.4, 0.5) is 8.78 Å². The molecule has 0 aliphatic carbocycles. The summed E-state index contributed by atoms with van der Waals surface area (Å²) >= 11 is 0. The number of rotatable bonds is 12. The number of hydrogen-bond donors (Lipinski definition) is 2. The Labute approximate surface area is 202 Å². The Morgan fingerprint density at radius 3 is 2.69 bits per heavy atom. The number of nitrogens with one attached hydrogen (secondary N) is 2. The van der Waals surface area contributed by atoms with Gasteiger partial charge >= 0.3 is 6.61 Å². The van der Waals surface area contributed by atoms with Gasteiger partial charge in [0.1, 0.15) is 11.5 Å². The summed E-state index contributed by atoms with van der Waals surface area (Å²) in [7, 11) is 0. The van der Waals surface area contributed by atoms with Crippen molar-refractivity contribution in [2.75, 3.05) is 33.1 Å². The zero-order valence-corrected chi connectivity index (χ0v) is 20.1. The minimum absolute atomic E-state index is 0. The first-order valence-electron chi connectivity index (χ1n) is 10.2. The molecular weight excluding hydrogens is 539 g/mol. The zero-order valence-electron chi connectivity index (χ0n) is 17.8. The monoisotopic (exact) mass is 567 g/mol. The van der Waals surface area contributed by atoms with Gasteiger partial charge in [-0.3, -0.25) is 0 Å². The van der Waals surface area contributed by atoms with E-state index in [2.05, 4.69) is 20.4 Å². The summed E-state index contributed by atoms with van der Waals surface area (Å²) in [4.78, 5) is 4.53. The fourth-order valence-electron chi connectivity index (χ4n) is 2.92. The van der Waals surface area contributed by atoms with Gasteiger partial charge in [0.05, 0.1) is 12.8 Å². The average Bonchev–Trinajstić information content (AvgIpc) is 3.42. The lowest BCUT2D eigenvalue weighted by Crippen LogP contribution is -2.39. The Morgan fingerprint density at radius 2 is 1.97 bits per heavy atom.